The molecule has 1 aromatic carbocycles. The number of phenolic OH excluding ortho intramolecular Hbond substituents is 1. The van der Waals surface area contributed by atoms with Crippen molar-refractivity contribution in [1.29, 1.82) is 0 Å². The van der Waals surface area contributed by atoms with Gasteiger partial charge < -0.3 is 10.8 Å². The van der Waals surface area contributed by atoms with Crippen LogP contribution in [0.4, 0.5) is 5.82 Å². The summed E-state index contributed by atoms with van der Waals surface area (Å²) in [5.41, 5.74) is 7.66. The Morgan fingerprint density at radius 3 is 2.75 bits per heavy atom. The van der Waals surface area contributed by atoms with Crippen LogP contribution < -0.4 is 5.73 Å². The molecule has 0 radical (unpaired) electrons. The van der Waals surface area contributed by atoms with E-state index >= 15 is 0 Å². The second-order valence-corrected chi connectivity index (χ2v) is 5.30. The predicted molar refractivity (Wildman–Crippen MR) is 79.7 cm³/mol. The van der Waals surface area contributed by atoms with Crippen LogP contribution in [0.15, 0.2) is 36.0 Å². The molecule has 0 bridgehead atoms. The molecule has 0 amide bonds. The molecule has 0 aliphatic rings. The van der Waals surface area contributed by atoms with Gasteiger partial charge in [-0.05, 0) is 18.2 Å². The molecule has 2 heterocycles. The van der Waals surface area contributed by atoms with Crippen molar-refractivity contribution in [3.8, 4) is 27.7 Å². The van der Waals surface area contributed by atoms with Gasteiger partial charge in [0.15, 0.2) is 0 Å². The standard InChI is InChI=1S/C13H9ClN4OS/c14-8-5-7(1-2-9(8)19)11-12(13-16-3-4-20-13)18-10(15)6-17-11/h1-6,19H,(H2,15,18). The van der Waals surface area contributed by atoms with E-state index < -0.39 is 0 Å². The molecule has 0 saturated heterocycles. The molecule has 2 aromatic heterocycles. The number of aromatic nitrogens is 3. The van der Waals surface area contributed by atoms with E-state index in [0.29, 0.717) is 17.2 Å². The monoisotopic (exact) mass is 304 g/mol. The quantitative estimate of drug-likeness (QED) is 0.759. The number of aromatic hydroxyl groups is 1. The Hall–Kier alpha value is -2.18. The number of anilines is 1. The fourth-order valence-corrected chi connectivity index (χ4v) is 2.56. The molecule has 3 aromatic rings. The van der Waals surface area contributed by atoms with Crippen LogP contribution in [0.2, 0.25) is 5.02 Å². The number of hydrogen-bond acceptors (Lipinski definition) is 6. The third-order valence-corrected chi connectivity index (χ3v) is 3.73. The van der Waals surface area contributed by atoms with Gasteiger partial charge in [-0.1, -0.05) is 11.6 Å². The van der Waals surface area contributed by atoms with Crippen molar-refractivity contribution in [3.63, 3.8) is 0 Å². The SMILES string of the molecule is Nc1cnc(-c2ccc(O)c(Cl)c2)c(-c2nccs2)n1. The lowest BCUT2D eigenvalue weighted by Crippen LogP contribution is -1.98. The molecular weight excluding hydrogens is 296 g/mol. The summed E-state index contributed by atoms with van der Waals surface area (Å²) in [6, 6.07) is 4.87. The van der Waals surface area contributed by atoms with E-state index in [1.165, 1.54) is 23.6 Å². The van der Waals surface area contributed by atoms with Crippen molar-refractivity contribution in [2.75, 3.05) is 5.73 Å². The highest BCUT2D eigenvalue weighted by atomic mass is 35.5. The van der Waals surface area contributed by atoms with Gasteiger partial charge >= 0.3 is 0 Å². The first-order valence-corrected chi connectivity index (χ1v) is 6.92. The Labute approximate surface area is 123 Å². The fraction of sp³-hybridized carbons (Fsp3) is 0. The molecule has 5 nitrogen and oxygen atoms in total. The molecule has 3 N–H and O–H groups in total. The molecule has 0 aliphatic heterocycles. The number of rotatable bonds is 2. The average molecular weight is 305 g/mol. The van der Waals surface area contributed by atoms with Gasteiger partial charge in [0.25, 0.3) is 0 Å². The lowest BCUT2D eigenvalue weighted by Gasteiger charge is -2.07. The number of nitrogens with two attached hydrogens (primary N) is 1. The first-order valence-electron chi connectivity index (χ1n) is 5.66. The molecular formula is C13H9ClN4OS. The van der Waals surface area contributed by atoms with Crippen molar-refractivity contribution in [1.82, 2.24) is 15.0 Å². The Balaban J connectivity index is 2.20. The largest absolute Gasteiger partial charge is 0.506 e. The van der Waals surface area contributed by atoms with Gasteiger partial charge in [-0.25, -0.2) is 9.97 Å². The Kier molecular flexibility index (Phi) is 3.25. The highest BCUT2D eigenvalue weighted by Crippen LogP contribution is 2.34. The predicted octanol–water partition coefficient (Wildman–Crippen LogP) is 3.21. The molecule has 100 valence electrons. The number of thiazole rings is 1. The zero-order chi connectivity index (χ0) is 14.1. The van der Waals surface area contributed by atoms with Gasteiger partial charge in [0, 0.05) is 17.1 Å². The molecule has 0 unspecified atom stereocenters. The van der Waals surface area contributed by atoms with Gasteiger partial charge in [-0.2, -0.15) is 0 Å². The highest BCUT2D eigenvalue weighted by molar-refractivity contribution is 7.13. The molecule has 0 saturated carbocycles. The van der Waals surface area contributed by atoms with Crippen LogP contribution >= 0.6 is 22.9 Å². The van der Waals surface area contributed by atoms with Gasteiger partial charge in [-0.3, -0.25) is 4.98 Å². The minimum atomic E-state index is 0.0228. The lowest BCUT2D eigenvalue weighted by molar-refractivity contribution is 0.475. The molecule has 0 spiro atoms. The third-order valence-electron chi connectivity index (χ3n) is 2.65. The van der Waals surface area contributed by atoms with E-state index in [4.69, 9.17) is 17.3 Å². The van der Waals surface area contributed by atoms with E-state index in [9.17, 15) is 5.11 Å². The Bertz CT molecular complexity index is 761. The maximum Gasteiger partial charge on any atom is 0.144 e. The molecule has 0 atom stereocenters. The average Bonchev–Trinajstić information content (AvgIpc) is 2.96. The van der Waals surface area contributed by atoms with E-state index in [-0.39, 0.29) is 10.8 Å². The summed E-state index contributed by atoms with van der Waals surface area (Å²) in [5, 5.41) is 12.3. The summed E-state index contributed by atoms with van der Waals surface area (Å²) < 4.78 is 0. The molecule has 7 heteroatoms. The first-order chi connectivity index (χ1) is 9.65. The summed E-state index contributed by atoms with van der Waals surface area (Å²) in [4.78, 5) is 12.8. The topological polar surface area (TPSA) is 84.9 Å². The maximum absolute atomic E-state index is 9.49. The number of hydrogen-bond donors (Lipinski definition) is 2. The second kappa shape index (κ2) is 5.07. The van der Waals surface area contributed by atoms with Gasteiger partial charge in [-0.15, -0.1) is 11.3 Å². The fourth-order valence-electron chi connectivity index (χ4n) is 1.76. The zero-order valence-corrected chi connectivity index (χ0v) is 11.7. The Morgan fingerprint density at radius 2 is 2.05 bits per heavy atom. The normalized spacial score (nSPS) is 10.7. The van der Waals surface area contributed by atoms with E-state index in [1.807, 2.05) is 5.38 Å². The summed E-state index contributed by atoms with van der Waals surface area (Å²) in [7, 11) is 0. The number of benzene rings is 1. The summed E-state index contributed by atoms with van der Waals surface area (Å²) in [5.74, 6) is 0.346. The van der Waals surface area contributed by atoms with Crippen LogP contribution in [0.5, 0.6) is 5.75 Å². The van der Waals surface area contributed by atoms with Crippen molar-refractivity contribution < 1.29 is 5.11 Å². The van der Waals surface area contributed by atoms with E-state index in [2.05, 4.69) is 15.0 Å². The number of nitrogens with zero attached hydrogens (tertiary/aromatic N) is 3. The smallest absolute Gasteiger partial charge is 0.144 e. The van der Waals surface area contributed by atoms with Crippen LogP contribution in [0.25, 0.3) is 22.0 Å². The first kappa shape index (κ1) is 12.8. The number of halogens is 1. The van der Waals surface area contributed by atoms with Gasteiger partial charge in [0.1, 0.15) is 22.3 Å². The summed E-state index contributed by atoms with van der Waals surface area (Å²) >= 11 is 7.39. The van der Waals surface area contributed by atoms with Gasteiger partial charge in [0.2, 0.25) is 0 Å². The van der Waals surface area contributed by atoms with E-state index in [0.717, 1.165) is 10.6 Å². The van der Waals surface area contributed by atoms with Crippen LogP contribution in [0, 0.1) is 0 Å². The van der Waals surface area contributed by atoms with Crippen molar-refractivity contribution in [2.24, 2.45) is 0 Å². The maximum atomic E-state index is 9.49. The van der Waals surface area contributed by atoms with Crippen molar-refractivity contribution in [2.45, 2.75) is 0 Å². The van der Waals surface area contributed by atoms with Gasteiger partial charge in [0.05, 0.1) is 16.9 Å². The molecule has 0 aliphatic carbocycles. The van der Waals surface area contributed by atoms with Crippen molar-refractivity contribution in [3.05, 3.63) is 41.0 Å². The minimum Gasteiger partial charge on any atom is -0.506 e. The molecule has 20 heavy (non-hydrogen) atoms. The summed E-state index contributed by atoms with van der Waals surface area (Å²) in [6.07, 6.45) is 3.17. The third kappa shape index (κ3) is 2.31. The molecule has 0 fully saturated rings. The minimum absolute atomic E-state index is 0.0228. The van der Waals surface area contributed by atoms with Crippen LogP contribution in [-0.2, 0) is 0 Å². The van der Waals surface area contributed by atoms with Crippen LogP contribution in [-0.4, -0.2) is 20.1 Å². The molecule has 3 rings (SSSR count). The summed E-state index contributed by atoms with van der Waals surface area (Å²) in [6.45, 7) is 0. The number of nitrogen functional groups attached to an aromatic ring is 1. The zero-order valence-electron chi connectivity index (χ0n) is 10.1. The Morgan fingerprint density at radius 1 is 1.20 bits per heavy atom. The second-order valence-electron chi connectivity index (χ2n) is 4.00. The van der Waals surface area contributed by atoms with E-state index in [1.54, 1.807) is 18.3 Å². The number of phenols is 1. The van der Waals surface area contributed by atoms with Crippen LogP contribution in [0.1, 0.15) is 0 Å². The van der Waals surface area contributed by atoms with Crippen LogP contribution in [0.3, 0.4) is 0 Å². The lowest BCUT2D eigenvalue weighted by atomic mass is 10.1. The van der Waals surface area contributed by atoms with Crippen molar-refractivity contribution >= 4 is 28.8 Å². The highest BCUT2D eigenvalue weighted by Gasteiger charge is 2.14.